The first-order chi connectivity index (χ1) is 7.78. The van der Waals surface area contributed by atoms with E-state index >= 15 is 0 Å². The molecule has 1 unspecified atom stereocenters. The zero-order valence-corrected chi connectivity index (χ0v) is 10.4. The summed E-state index contributed by atoms with van der Waals surface area (Å²) in [5, 5.41) is 9.03. The van der Waals surface area contributed by atoms with Gasteiger partial charge in [0, 0.05) is 28.2 Å². The van der Waals surface area contributed by atoms with E-state index in [1.807, 2.05) is 0 Å². The molecule has 4 aliphatic carbocycles. The Morgan fingerprint density at radius 2 is 1.62 bits per heavy atom. The van der Waals surface area contributed by atoms with Crippen LogP contribution in [0.15, 0.2) is 0 Å². The van der Waals surface area contributed by atoms with Gasteiger partial charge in [0.1, 0.15) is 0 Å². The van der Waals surface area contributed by atoms with Crippen LogP contribution in [0.25, 0.3) is 0 Å². The first-order valence-corrected chi connectivity index (χ1v) is 7.90. The van der Waals surface area contributed by atoms with E-state index in [-0.39, 0.29) is 0 Å². The van der Waals surface area contributed by atoms with E-state index in [2.05, 4.69) is 6.07 Å². The summed E-state index contributed by atoms with van der Waals surface area (Å²) in [7, 11) is -0.732. The lowest BCUT2D eigenvalue weighted by Crippen LogP contribution is -2.50. The monoisotopic (exact) mass is 237 g/mol. The molecule has 4 aliphatic rings. The maximum absolute atomic E-state index is 12.3. The Balaban J connectivity index is 1.72. The van der Waals surface area contributed by atoms with Crippen molar-refractivity contribution in [2.45, 2.75) is 43.8 Å². The summed E-state index contributed by atoms with van der Waals surface area (Å²) in [4.78, 5) is 0. The van der Waals surface area contributed by atoms with Gasteiger partial charge in [0.05, 0.1) is 6.07 Å². The molecule has 3 heteroatoms. The molecule has 0 aliphatic heterocycles. The minimum absolute atomic E-state index is 0.446. The first-order valence-electron chi connectivity index (χ1n) is 6.52. The van der Waals surface area contributed by atoms with Crippen molar-refractivity contribution in [1.82, 2.24) is 0 Å². The Labute approximate surface area is 99.9 Å². The third kappa shape index (κ3) is 1.72. The largest absolute Gasteiger partial charge is 0.259 e. The molecule has 0 aromatic rings. The maximum atomic E-state index is 12.3. The minimum atomic E-state index is -0.732. The Morgan fingerprint density at radius 1 is 1.06 bits per heavy atom. The molecule has 4 rings (SSSR count). The molecular weight excluding hydrogens is 218 g/mol. The molecule has 0 heterocycles. The highest BCUT2D eigenvalue weighted by molar-refractivity contribution is 7.85. The molecule has 0 aromatic heterocycles. The highest BCUT2D eigenvalue weighted by Gasteiger charge is 2.49. The summed E-state index contributed by atoms with van der Waals surface area (Å²) in [5.41, 5.74) is 0. The fourth-order valence-corrected chi connectivity index (χ4v) is 6.45. The molecule has 0 amide bonds. The molecule has 0 radical (unpaired) electrons. The lowest BCUT2D eigenvalue weighted by molar-refractivity contribution is 0.0252. The zero-order valence-electron chi connectivity index (χ0n) is 9.60. The average Bonchev–Trinajstić information content (AvgIpc) is 2.24. The lowest BCUT2D eigenvalue weighted by Gasteiger charge is -2.53. The van der Waals surface area contributed by atoms with Gasteiger partial charge in [-0.1, -0.05) is 0 Å². The summed E-state index contributed by atoms with van der Waals surface area (Å²) in [6.07, 6.45) is 7.23. The number of hydrogen-bond acceptors (Lipinski definition) is 2. The number of rotatable bonds is 3. The molecule has 0 aromatic carbocycles. The molecule has 16 heavy (non-hydrogen) atoms. The molecule has 88 valence electrons. The second-order valence-electron chi connectivity index (χ2n) is 5.89. The third-order valence-electron chi connectivity index (χ3n) is 4.86. The molecule has 0 saturated heterocycles. The lowest BCUT2D eigenvalue weighted by atomic mass is 9.56. The van der Waals surface area contributed by atoms with Crippen molar-refractivity contribution >= 4 is 10.8 Å². The second kappa shape index (κ2) is 4.14. The van der Waals surface area contributed by atoms with Gasteiger partial charge in [-0.15, -0.1) is 0 Å². The van der Waals surface area contributed by atoms with Crippen LogP contribution in [-0.2, 0) is 10.8 Å². The number of hydrogen-bond donors (Lipinski definition) is 0. The molecule has 0 spiro atoms. The van der Waals surface area contributed by atoms with Gasteiger partial charge in [0.25, 0.3) is 0 Å². The summed E-state index contributed by atoms with van der Waals surface area (Å²) in [5.74, 6) is 3.98. The van der Waals surface area contributed by atoms with Gasteiger partial charge < -0.3 is 0 Å². The molecule has 2 nitrogen and oxygen atoms in total. The standard InChI is InChI=1S/C13H19NOS/c14-2-1-3-16(15)13-11-5-9-4-10(7-11)8-12(13)6-9/h9-13H,1,3-8H2. The predicted octanol–water partition coefficient (Wildman–Crippen LogP) is 2.47. The van der Waals surface area contributed by atoms with Gasteiger partial charge in [0.2, 0.25) is 0 Å². The van der Waals surface area contributed by atoms with Crippen molar-refractivity contribution < 1.29 is 4.21 Å². The van der Waals surface area contributed by atoms with E-state index in [4.69, 9.17) is 5.26 Å². The van der Waals surface area contributed by atoms with E-state index in [1.54, 1.807) is 0 Å². The zero-order chi connectivity index (χ0) is 11.1. The van der Waals surface area contributed by atoms with E-state index in [1.165, 1.54) is 32.1 Å². The Bertz CT molecular complexity index is 318. The van der Waals surface area contributed by atoms with Crippen molar-refractivity contribution in [1.29, 1.82) is 5.26 Å². The van der Waals surface area contributed by atoms with Crippen LogP contribution in [0.5, 0.6) is 0 Å². The fraction of sp³-hybridized carbons (Fsp3) is 0.923. The van der Waals surface area contributed by atoms with Crippen molar-refractivity contribution in [2.24, 2.45) is 23.7 Å². The Kier molecular flexibility index (Phi) is 2.79. The molecule has 4 saturated carbocycles. The fourth-order valence-electron chi connectivity index (χ4n) is 4.59. The van der Waals surface area contributed by atoms with Crippen molar-refractivity contribution in [3.63, 3.8) is 0 Å². The van der Waals surface area contributed by atoms with Crippen LogP contribution in [0.4, 0.5) is 0 Å². The van der Waals surface area contributed by atoms with Gasteiger partial charge in [-0.25, -0.2) is 0 Å². The van der Waals surface area contributed by atoms with Crippen LogP contribution in [-0.4, -0.2) is 15.2 Å². The molecule has 4 bridgehead atoms. The highest BCUT2D eigenvalue weighted by Crippen LogP contribution is 2.55. The third-order valence-corrected chi connectivity index (χ3v) is 6.84. The summed E-state index contributed by atoms with van der Waals surface area (Å²) >= 11 is 0. The van der Waals surface area contributed by atoms with Crippen LogP contribution >= 0.6 is 0 Å². The van der Waals surface area contributed by atoms with Crippen molar-refractivity contribution in [2.75, 3.05) is 5.75 Å². The Hall–Kier alpha value is -0.360. The van der Waals surface area contributed by atoms with E-state index in [0.717, 1.165) is 23.7 Å². The summed E-state index contributed by atoms with van der Waals surface area (Å²) < 4.78 is 12.3. The van der Waals surface area contributed by atoms with E-state index in [0.29, 0.717) is 17.4 Å². The van der Waals surface area contributed by atoms with Crippen LogP contribution in [0.1, 0.15) is 38.5 Å². The smallest absolute Gasteiger partial charge is 0.0631 e. The normalized spacial score (nSPS) is 46.6. The first kappa shape index (κ1) is 10.8. The Morgan fingerprint density at radius 3 is 2.12 bits per heavy atom. The van der Waals surface area contributed by atoms with Crippen LogP contribution in [0, 0.1) is 35.0 Å². The number of nitriles is 1. The van der Waals surface area contributed by atoms with Crippen molar-refractivity contribution in [3.8, 4) is 6.07 Å². The molecule has 0 N–H and O–H groups in total. The summed E-state index contributed by atoms with van der Waals surface area (Å²) in [6, 6.07) is 2.13. The van der Waals surface area contributed by atoms with Crippen LogP contribution in [0.2, 0.25) is 0 Å². The second-order valence-corrected chi connectivity index (χ2v) is 7.60. The quantitative estimate of drug-likeness (QED) is 0.756. The average molecular weight is 237 g/mol. The topological polar surface area (TPSA) is 40.9 Å². The van der Waals surface area contributed by atoms with Gasteiger partial charge in [0.15, 0.2) is 0 Å². The van der Waals surface area contributed by atoms with Gasteiger partial charge in [-0.2, -0.15) is 5.26 Å². The van der Waals surface area contributed by atoms with Gasteiger partial charge in [-0.05, 0) is 55.8 Å². The SMILES string of the molecule is N#CCCS(=O)C1C2CC3CC(C2)CC1C3. The summed E-state index contributed by atoms with van der Waals surface area (Å²) in [6.45, 7) is 0. The molecular formula is C13H19NOS. The number of nitrogens with zero attached hydrogens (tertiary/aromatic N) is 1. The minimum Gasteiger partial charge on any atom is -0.259 e. The maximum Gasteiger partial charge on any atom is 0.0631 e. The van der Waals surface area contributed by atoms with E-state index in [9.17, 15) is 4.21 Å². The van der Waals surface area contributed by atoms with Gasteiger partial charge >= 0.3 is 0 Å². The highest BCUT2D eigenvalue weighted by atomic mass is 32.2. The van der Waals surface area contributed by atoms with Crippen molar-refractivity contribution in [3.05, 3.63) is 0 Å². The van der Waals surface area contributed by atoms with E-state index < -0.39 is 10.8 Å². The molecule has 4 fully saturated rings. The predicted molar refractivity (Wildman–Crippen MR) is 64.1 cm³/mol. The molecule has 1 atom stereocenters. The van der Waals surface area contributed by atoms with Crippen LogP contribution < -0.4 is 0 Å². The van der Waals surface area contributed by atoms with Crippen LogP contribution in [0.3, 0.4) is 0 Å². The van der Waals surface area contributed by atoms with Gasteiger partial charge in [-0.3, -0.25) is 4.21 Å².